The zero-order valence-corrected chi connectivity index (χ0v) is 14.6. The number of hydrogen-bond acceptors (Lipinski definition) is 4. The van der Waals surface area contributed by atoms with Gasteiger partial charge in [-0.3, -0.25) is 4.79 Å². The molecule has 1 aliphatic heterocycles. The molecule has 5 heteroatoms. The smallest absolute Gasteiger partial charge is 0.250 e. The second-order valence-electron chi connectivity index (χ2n) is 7.21. The van der Waals surface area contributed by atoms with Crippen molar-refractivity contribution in [3.63, 3.8) is 0 Å². The Labute approximate surface area is 148 Å². The molecule has 0 bridgehead atoms. The Morgan fingerprint density at radius 1 is 1.16 bits per heavy atom. The molecule has 1 saturated heterocycles. The lowest BCUT2D eigenvalue weighted by Gasteiger charge is -2.30. The molecule has 1 aliphatic carbocycles. The second kappa shape index (κ2) is 7.58. The minimum atomic E-state index is 0.146. The molecule has 2 aliphatic rings. The molecule has 1 atom stereocenters. The van der Waals surface area contributed by atoms with Gasteiger partial charge in [0.2, 0.25) is 0 Å². The predicted molar refractivity (Wildman–Crippen MR) is 95.6 cm³/mol. The highest BCUT2D eigenvalue weighted by Gasteiger charge is 2.23. The van der Waals surface area contributed by atoms with Gasteiger partial charge in [0.05, 0.1) is 12.8 Å². The summed E-state index contributed by atoms with van der Waals surface area (Å²) in [7, 11) is 0. The summed E-state index contributed by atoms with van der Waals surface area (Å²) < 4.78 is 12.9. The van der Waals surface area contributed by atoms with Gasteiger partial charge < -0.3 is 19.0 Å². The Balaban J connectivity index is 1.45. The third kappa shape index (κ3) is 3.88. The molecule has 134 valence electrons. The summed E-state index contributed by atoms with van der Waals surface area (Å²) in [5.74, 6) is 1.53. The molecule has 2 aromatic rings. The maximum absolute atomic E-state index is 12.4. The van der Waals surface area contributed by atoms with Crippen LogP contribution in [0.5, 0.6) is 0 Å². The van der Waals surface area contributed by atoms with E-state index >= 15 is 0 Å². The molecule has 1 N–H and O–H groups in total. The van der Waals surface area contributed by atoms with Crippen molar-refractivity contribution in [2.75, 3.05) is 13.2 Å². The molecule has 0 saturated carbocycles. The summed E-state index contributed by atoms with van der Waals surface area (Å²) in [5.41, 5.74) is 2.71. The monoisotopic (exact) mass is 342 g/mol. The van der Waals surface area contributed by atoms with E-state index in [9.17, 15) is 4.79 Å². The molecular formula is C20H26N2O3. The summed E-state index contributed by atoms with van der Waals surface area (Å²) in [5, 5.41) is 3.58. The number of ether oxygens (including phenoxy) is 1. The average Bonchev–Trinajstić information content (AvgIpc) is 3.17. The van der Waals surface area contributed by atoms with E-state index < -0.39 is 0 Å². The topological polar surface area (TPSA) is 56.4 Å². The largest absolute Gasteiger partial charge is 0.468 e. The van der Waals surface area contributed by atoms with Gasteiger partial charge in [-0.2, -0.15) is 0 Å². The van der Waals surface area contributed by atoms with Crippen LogP contribution < -0.4 is 10.9 Å². The van der Waals surface area contributed by atoms with Crippen molar-refractivity contribution >= 4 is 0 Å². The molecule has 0 radical (unpaired) electrons. The number of aromatic nitrogens is 1. The normalized spacial score (nSPS) is 21.2. The highest BCUT2D eigenvalue weighted by molar-refractivity contribution is 5.25. The molecule has 3 heterocycles. The van der Waals surface area contributed by atoms with E-state index in [1.807, 2.05) is 22.8 Å². The summed E-state index contributed by atoms with van der Waals surface area (Å²) in [4.78, 5) is 12.4. The van der Waals surface area contributed by atoms with Crippen LogP contribution in [-0.4, -0.2) is 23.8 Å². The molecule has 5 nitrogen and oxygen atoms in total. The minimum Gasteiger partial charge on any atom is -0.468 e. The van der Waals surface area contributed by atoms with E-state index in [1.54, 1.807) is 12.3 Å². The Kier molecular flexibility index (Phi) is 5.04. The standard InChI is InChI=1S/C20H26N2O3/c23-20-6-3-16-12-17(21-13-18-2-1-9-25-18)4-5-19(16)22(20)14-15-7-10-24-11-8-15/h1-3,6,9,15,17,21H,4-5,7-8,10-14H2. The highest BCUT2D eigenvalue weighted by atomic mass is 16.5. The zero-order valence-electron chi connectivity index (χ0n) is 14.6. The van der Waals surface area contributed by atoms with E-state index in [2.05, 4.69) is 5.32 Å². The SMILES string of the molecule is O=c1ccc2c(n1CC1CCOCC1)CCC(NCc1ccco1)C2. The van der Waals surface area contributed by atoms with Crippen LogP contribution in [0.15, 0.2) is 39.7 Å². The summed E-state index contributed by atoms with van der Waals surface area (Å²) in [6.45, 7) is 3.25. The third-order valence-electron chi connectivity index (χ3n) is 5.51. The van der Waals surface area contributed by atoms with Gasteiger partial charge >= 0.3 is 0 Å². The molecule has 1 fully saturated rings. The molecule has 0 amide bonds. The highest BCUT2D eigenvalue weighted by Crippen LogP contribution is 2.23. The second-order valence-corrected chi connectivity index (χ2v) is 7.21. The van der Waals surface area contributed by atoms with Gasteiger partial charge in [-0.1, -0.05) is 6.07 Å². The van der Waals surface area contributed by atoms with Crippen molar-refractivity contribution in [1.82, 2.24) is 9.88 Å². The van der Waals surface area contributed by atoms with E-state index in [4.69, 9.17) is 9.15 Å². The molecule has 2 aromatic heterocycles. The maximum atomic E-state index is 12.4. The fraction of sp³-hybridized carbons (Fsp3) is 0.550. The lowest BCUT2D eigenvalue weighted by Crippen LogP contribution is -2.38. The van der Waals surface area contributed by atoms with Crippen LogP contribution in [0.1, 0.15) is 36.3 Å². The number of fused-ring (bicyclic) bond motifs is 1. The summed E-state index contributed by atoms with van der Waals surface area (Å²) in [6.07, 6.45) is 6.83. The molecule has 1 unspecified atom stereocenters. The Hall–Kier alpha value is -1.85. The molecule has 25 heavy (non-hydrogen) atoms. The predicted octanol–water partition coefficient (Wildman–Crippen LogP) is 2.52. The molecule has 4 rings (SSSR count). The van der Waals surface area contributed by atoms with Gasteiger partial charge in [0, 0.05) is 37.6 Å². The Morgan fingerprint density at radius 3 is 2.84 bits per heavy atom. The number of furan rings is 1. The first-order chi connectivity index (χ1) is 12.3. The van der Waals surface area contributed by atoms with Gasteiger partial charge in [0.15, 0.2) is 0 Å². The fourth-order valence-corrected chi connectivity index (χ4v) is 4.04. The van der Waals surface area contributed by atoms with Crippen molar-refractivity contribution in [3.05, 3.63) is 57.9 Å². The number of nitrogens with one attached hydrogen (secondary N) is 1. The van der Waals surface area contributed by atoms with Crippen molar-refractivity contribution < 1.29 is 9.15 Å². The van der Waals surface area contributed by atoms with Crippen LogP contribution in [0.2, 0.25) is 0 Å². The quantitative estimate of drug-likeness (QED) is 0.907. The van der Waals surface area contributed by atoms with Crippen molar-refractivity contribution in [2.45, 2.75) is 51.2 Å². The van der Waals surface area contributed by atoms with E-state index in [-0.39, 0.29) is 5.56 Å². The lowest BCUT2D eigenvalue weighted by molar-refractivity contribution is 0.0606. The fourth-order valence-electron chi connectivity index (χ4n) is 4.04. The molecular weight excluding hydrogens is 316 g/mol. The van der Waals surface area contributed by atoms with Crippen molar-refractivity contribution in [2.24, 2.45) is 5.92 Å². The first kappa shape index (κ1) is 16.6. The number of hydrogen-bond donors (Lipinski definition) is 1. The first-order valence-electron chi connectivity index (χ1n) is 9.34. The summed E-state index contributed by atoms with van der Waals surface area (Å²) in [6, 6.07) is 8.12. The number of pyridine rings is 1. The van der Waals surface area contributed by atoms with E-state index in [0.29, 0.717) is 12.0 Å². The first-order valence-corrected chi connectivity index (χ1v) is 9.34. The van der Waals surface area contributed by atoms with E-state index in [0.717, 1.165) is 64.2 Å². The van der Waals surface area contributed by atoms with Crippen LogP contribution >= 0.6 is 0 Å². The molecule has 0 spiro atoms. The maximum Gasteiger partial charge on any atom is 0.250 e. The van der Waals surface area contributed by atoms with E-state index in [1.165, 1.54) is 11.3 Å². The van der Waals surface area contributed by atoms with Crippen LogP contribution in [0.25, 0.3) is 0 Å². The molecule has 0 aromatic carbocycles. The van der Waals surface area contributed by atoms with Gasteiger partial charge in [-0.05, 0) is 55.7 Å². The van der Waals surface area contributed by atoms with Crippen LogP contribution in [0.3, 0.4) is 0 Å². The van der Waals surface area contributed by atoms with Crippen molar-refractivity contribution in [1.29, 1.82) is 0 Å². The van der Waals surface area contributed by atoms with Gasteiger partial charge in [-0.15, -0.1) is 0 Å². The van der Waals surface area contributed by atoms with Gasteiger partial charge in [0.25, 0.3) is 5.56 Å². The number of rotatable bonds is 5. The average molecular weight is 342 g/mol. The third-order valence-corrected chi connectivity index (χ3v) is 5.51. The van der Waals surface area contributed by atoms with Gasteiger partial charge in [-0.25, -0.2) is 0 Å². The zero-order chi connectivity index (χ0) is 17.1. The van der Waals surface area contributed by atoms with Crippen LogP contribution in [-0.2, 0) is 30.7 Å². The van der Waals surface area contributed by atoms with Gasteiger partial charge in [0.1, 0.15) is 5.76 Å². The number of nitrogens with zero attached hydrogens (tertiary/aromatic N) is 1. The lowest BCUT2D eigenvalue weighted by atomic mass is 9.90. The van der Waals surface area contributed by atoms with Crippen LogP contribution in [0, 0.1) is 5.92 Å². The minimum absolute atomic E-state index is 0.146. The Bertz CT molecular complexity index is 745. The van der Waals surface area contributed by atoms with Crippen molar-refractivity contribution in [3.8, 4) is 0 Å². The van der Waals surface area contributed by atoms with Crippen LogP contribution in [0.4, 0.5) is 0 Å². The summed E-state index contributed by atoms with van der Waals surface area (Å²) >= 11 is 0. The Morgan fingerprint density at radius 2 is 2.04 bits per heavy atom.